The van der Waals surface area contributed by atoms with Crippen molar-refractivity contribution in [3.63, 3.8) is 0 Å². The number of aliphatic imine (C=N–C) groups is 1. The van der Waals surface area contributed by atoms with Crippen LogP contribution < -0.4 is 0 Å². The molecule has 0 saturated carbocycles. The molecule has 0 radical (unpaired) electrons. The van der Waals surface area contributed by atoms with Gasteiger partial charge in [-0.2, -0.15) is 0 Å². The number of hydrogen-bond donors (Lipinski definition) is 0. The van der Waals surface area contributed by atoms with E-state index in [1.807, 2.05) is 6.07 Å². The molecule has 0 saturated heterocycles. The Balaban J connectivity index is 1.62. The predicted molar refractivity (Wildman–Crippen MR) is 116 cm³/mol. The van der Waals surface area contributed by atoms with Gasteiger partial charge in [-0.1, -0.05) is 45.5 Å². The molecule has 4 rings (SSSR count). The molecule has 8 nitrogen and oxygen atoms in total. The van der Waals surface area contributed by atoms with Gasteiger partial charge in [0.25, 0.3) is 0 Å². The van der Waals surface area contributed by atoms with Gasteiger partial charge >= 0.3 is 5.09 Å². The minimum absolute atomic E-state index is 0.00557. The quantitative estimate of drug-likeness (QED) is 0.219. The van der Waals surface area contributed by atoms with E-state index in [0.717, 1.165) is 5.39 Å². The van der Waals surface area contributed by atoms with Gasteiger partial charge in [-0.3, -0.25) is 0 Å². The molecule has 2 heterocycles. The van der Waals surface area contributed by atoms with Gasteiger partial charge in [-0.05, 0) is 36.4 Å². The van der Waals surface area contributed by atoms with Gasteiger partial charge in [0, 0.05) is 26.0 Å². The van der Waals surface area contributed by atoms with Crippen LogP contribution in [0.15, 0.2) is 64.3 Å². The third kappa shape index (κ3) is 5.00. The van der Waals surface area contributed by atoms with Gasteiger partial charge in [0.05, 0.1) is 6.20 Å². The summed E-state index contributed by atoms with van der Waals surface area (Å²) in [5, 5.41) is 12.4. The minimum Gasteiger partial charge on any atom is -0.459 e. The van der Waals surface area contributed by atoms with Crippen molar-refractivity contribution in [3.05, 3.63) is 91.4 Å². The highest BCUT2D eigenvalue weighted by molar-refractivity contribution is 6.35. The second kappa shape index (κ2) is 8.86. The number of nitrogens with zero attached hydrogens (tertiary/aromatic N) is 3. The molecule has 1 aliphatic heterocycles. The summed E-state index contributed by atoms with van der Waals surface area (Å²) in [4.78, 5) is 19.8. The second-order valence-corrected chi connectivity index (χ2v) is 8.05. The number of halogens is 3. The predicted octanol–water partition coefficient (Wildman–Crippen LogP) is 6.10. The van der Waals surface area contributed by atoms with Gasteiger partial charge in [-0.25, -0.2) is 4.99 Å². The fourth-order valence-electron chi connectivity index (χ4n) is 3.24. The Morgan fingerprint density at radius 3 is 2.61 bits per heavy atom. The van der Waals surface area contributed by atoms with Crippen LogP contribution in [0, 0.1) is 10.1 Å². The summed E-state index contributed by atoms with van der Waals surface area (Å²) in [5.74, 6) is 0.555. The van der Waals surface area contributed by atoms with E-state index in [9.17, 15) is 10.1 Å². The fraction of sp³-hybridized carbons (Fsp3) is 0.150. The Kier molecular flexibility index (Phi) is 6.17. The van der Waals surface area contributed by atoms with Crippen LogP contribution in [0.3, 0.4) is 0 Å². The number of ether oxygens (including phenoxy) is 1. The first-order valence-electron chi connectivity index (χ1n) is 9.02. The third-order valence-corrected chi connectivity index (χ3v) is 5.40. The molecule has 1 aromatic heterocycles. The number of rotatable bonds is 8. The molecule has 2 aromatic carbocycles. The van der Waals surface area contributed by atoms with Crippen molar-refractivity contribution < 1.29 is 23.8 Å². The smallest absolute Gasteiger partial charge is 0.340 e. The number of furan rings is 1. The van der Waals surface area contributed by atoms with Crippen LogP contribution in [0.4, 0.5) is 0 Å². The van der Waals surface area contributed by atoms with E-state index in [4.69, 9.17) is 48.9 Å². The average Bonchev–Trinajstić information content (AvgIpc) is 3.31. The second-order valence-electron chi connectivity index (χ2n) is 6.76. The zero-order valence-electron chi connectivity index (χ0n) is 15.8. The van der Waals surface area contributed by atoms with Crippen molar-refractivity contribution in [2.24, 2.45) is 4.99 Å². The summed E-state index contributed by atoms with van der Waals surface area (Å²) in [6.45, 7) is 0.0730. The number of fused-ring (bicyclic) bond motifs is 1. The molecule has 3 aromatic rings. The average molecular weight is 484 g/mol. The van der Waals surface area contributed by atoms with Crippen LogP contribution in [0.2, 0.25) is 15.1 Å². The molecule has 2 atom stereocenters. The molecule has 0 fully saturated rings. The Labute approximate surface area is 191 Å². The molecule has 11 heteroatoms. The highest BCUT2D eigenvalue weighted by Crippen LogP contribution is 2.33. The van der Waals surface area contributed by atoms with Gasteiger partial charge in [0.15, 0.2) is 12.7 Å². The Bertz CT molecular complexity index is 1180. The highest BCUT2D eigenvalue weighted by Gasteiger charge is 2.38. The van der Waals surface area contributed by atoms with Gasteiger partial charge in [0.2, 0.25) is 6.34 Å². The normalized spacial score (nSPS) is 18.5. The van der Waals surface area contributed by atoms with E-state index < -0.39 is 15.8 Å². The van der Waals surface area contributed by atoms with Crippen molar-refractivity contribution in [3.8, 4) is 0 Å². The summed E-state index contributed by atoms with van der Waals surface area (Å²) in [7, 11) is 0. The summed E-state index contributed by atoms with van der Waals surface area (Å²) in [5.41, 5.74) is 1.25. The molecule has 1 aliphatic rings. The molecule has 0 amide bonds. The van der Waals surface area contributed by atoms with Crippen LogP contribution in [-0.4, -0.2) is 22.6 Å². The fourth-order valence-corrected chi connectivity index (χ4v) is 3.95. The van der Waals surface area contributed by atoms with Crippen LogP contribution in [0.5, 0.6) is 0 Å². The largest absolute Gasteiger partial charge is 0.459 e. The summed E-state index contributed by atoms with van der Waals surface area (Å²) in [6, 6.07) is 12.0. The highest BCUT2D eigenvalue weighted by atomic mass is 35.5. The maximum atomic E-state index is 11.1. The standard InChI is InChI=1S/C20H15Cl3N3O5/c21-14-2-4-19-13(7-14)8-16(30-19)11-29-20(17-3-1-15(22)9-18(17)23)10-26(31-25(27)28)6-5-24-12-26/h1-9,12,20H,10-11H2/q+1. The maximum absolute atomic E-state index is 11.1. The van der Waals surface area contributed by atoms with Crippen molar-refractivity contribution in [2.75, 3.05) is 6.54 Å². The van der Waals surface area contributed by atoms with E-state index in [0.29, 0.717) is 32.0 Å². The van der Waals surface area contributed by atoms with Gasteiger partial charge in [0.1, 0.15) is 24.1 Å². The molecule has 0 spiro atoms. The molecule has 2 unspecified atom stereocenters. The lowest BCUT2D eigenvalue weighted by atomic mass is 10.1. The van der Waals surface area contributed by atoms with E-state index in [1.54, 1.807) is 36.4 Å². The van der Waals surface area contributed by atoms with E-state index in [2.05, 4.69) is 4.99 Å². The van der Waals surface area contributed by atoms with E-state index in [1.165, 1.54) is 18.7 Å². The summed E-state index contributed by atoms with van der Waals surface area (Å²) in [6.07, 6.45) is 3.43. The lowest BCUT2D eigenvalue weighted by Crippen LogP contribution is -2.45. The molecule has 160 valence electrons. The summed E-state index contributed by atoms with van der Waals surface area (Å²) >= 11 is 18.4. The molecular formula is C20H15Cl3N3O5+. The number of benzene rings is 2. The maximum Gasteiger partial charge on any atom is 0.340 e. The zero-order chi connectivity index (χ0) is 22.0. The van der Waals surface area contributed by atoms with Crippen molar-refractivity contribution in [1.82, 2.24) is 0 Å². The van der Waals surface area contributed by atoms with E-state index in [-0.39, 0.29) is 13.2 Å². The number of hydrogen-bond acceptors (Lipinski definition) is 6. The lowest BCUT2D eigenvalue weighted by molar-refractivity contribution is -1.16. The van der Waals surface area contributed by atoms with Gasteiger partial charge < -0.3 is 9.15 Å². The van der Waals surface area contributed by atoms with Crippen molar-refractivity contribution in [2.45, 2.75) is 12.7 Å². The number of quaternary nitrogens is 1. The van der Waals surface area contributed by atoms with Crippen LogP contribution in [-0.2, 0) is 16.3 Å². The van der Waals surface area contributed by atoms with Crippen LogP contribution in [0.1, 0.15) is 17.4 Å². The van der Waals surface area contributed by atoms with Crippen LogP contribution in [0.25, 0.3) is 11.0 Å². The topological polar surface area (TPSA) is 87.1 Å². The zero-order valence-corrected chi connectivity index (χ0v) is 18.0. The minimum atomic E-state index is -0.884. The number of hydroxylamine groups is 3. The van der Waals surface area contributed by atoms with Crippen molar-refractivity contribution >= 4 is 52.1 Å². The monoisotopic (exact) mass is 482 g/mol. The first-order valence-corrected chi connectivity index (χ1v) is 10.2. The van der Waals surface area contributed by atoms with Crippen molar-refractivity contribution in [1.29, 1.82) is 0 Å². The molecule has 0 aliphatic carbocycles. The Morgan fingerprint density at radius 1 is 1.13 bits per heavy atom. The van der Waals surface area contributed by atoms with Crippen LogP contribution >= 0.6 is 34.8 Å². The third-order valence-electron chi connectivity index (χ3n) is 4.60. The SMILES string of the molecule is O=[N+]([O-])O[N+]1(CC(OCc2cc3cc(Cl)ccc3o2)c2ccc(Cl)cc2Cl)C=CN=C1. The molecule has 31 heavy (non-hydrogen) atoms. The molecule has 0 bridgehead atoms. The summed E-state index contributed by atoms with van der Waals surface area (Å²) < 4.78 is 11.3. The van der Waals surface area contributed by atoms with Gasteiger partial charge in [-0.15, -0.1) is 15.1 Å². The first-order chi connectivity index (χ1) is 14.8. The Morgan fingerprint density at radius 2 is 1.90 bits per heavy atom. The Hall–Kier alpha value is -2.62. The van der Waals surface area contributed by atoms with E-state index >= 15 is 0 Å². The molecular weight excluding hydrogens is 469 g/mol. The lowest BCUT2D eigenvalue weighted by Gasteiger charge is -2.26. The first kappa shape index (κ1) is 21.6. The molecule has 0 N–H and O–H groups in total.